The number of H-pyrrole nitrogens is 1. The molecule has 0 aliphatic rings. The Kier molecular flexibility index (Phi) is 6.69. The van der Waals surface area contributed by atoms with Gasteiger partial charge in [0.1, 0.15) is 5.75 Å². The molecular formula is C25H23N3O2S. The number of methoxy groups -OCH3 is 1. The molecule has 0 atom stereocenters. The molecule has 156 valence electrons. The van der Waals surface area contributed by atoms with Gasteiger partial charge in [0.05, 0.1) is 18.5 Å². The monoisotopic (exact) mass is 429 g/mol. The molecule has 1 heterocycles. The minimum atomic E-state index is -0.0317. The molecule has 0 saturated carbocycles. The molecule has 0 radical (unpaired) electrons. The van der Waals surface area contributed by atoms with E-state index in [1.165, 1.54) is 0 Å². The molecule has 0 unspecified atom stereocenters. The predicted molar refractivity (Wildman–Crippen MR) is 126 cm³/mol. The fraction of sp³-hybridized carbons (Fsp3) is 0.120. The lowest BCUT2D eigenvalue weighted by Gasteiger charge is -2.05. The Morgan fingerprint density at radius 2 is 1.58 bits per heavy atom. The summed E-state index contributed by atoms with van der Waals surface area (Å²) in [5.41, 5.74) is 4.79. The van der Waals surface area contributed by atoms with Crippen molar-refractivity contribution in [2.75, 3.05) is 18.2 Å². The van der Waals surface area contributed by atoms with E-state index in [1.807, 2.05) is 60.7 Å². The van der Waals surface area contributed by atoms with Crippen LogP contribution in [0.3, 0.4) is 0 Å². The lowest BCUT2D eigenvalue weighted by molar-refractivity contribution is -0.115. The summed E-state index contributed by atoms with van der Waals surface area (Å²) in [6, 6.07) is 27.6. The smallest absolute Gasteiger partial charge is 0.225 e. The van der Waals surface area contributed by atoms with Crippen molar-refractivity contribution in [2.24, 2.45) is 0 Å². The first-order valence-electron chi connectivity index (χ1n) is 10.0. The third-order valence-electron chi connectivity index (χ3n) is 4.73. The second kappa shape index (κ2) is 10.00. The van der Waals surface area contributed by atoms with Crippen molar-refractivity contribution in [3.63, 3.8) is 0 Å². The molecule has 1 aromatic heterocycles. The van der Waals surface area contributed by atoms with E-state index in [9.17, 15) is 4.79 Å². The fourth-order valence-corrected chi connectivity index (χ4v) is 3.99. The van der Waals surface area contributed by atoms with Gasteiger partial charge in [-0.3, -0.25) is 4.79 Å². The number of anilines is 1. The number of carbonyl (C=O) groups excluding carboxylic acids is 1. The van der Waals surface area contributed by atoms with Crippen LogP contribution in [0.1, 0.15) is 6.42 Å². The van der Waals surface area contributed by atoms with E-state index in [2.05, 4.69) is 34.6 Å². The van der Waals surface area contributed by atoms with Gasteiger partial charge in [0.25, 0.3) is 0 Å². The van der Waals surface area contributed by atoms with Crippen molar-refractivity contribution in [3.05, 3.63) is 84.9 Å². The molecular weight excluding hydrogens is 406 g/mol. The highest BCUT2D eigenvalue weighted by Gasteiger charge is 2.14. The number of carbonyl (C=O) groups is 1. The molecule has 0 saturated heterocycles. The number of ether oxygens (including phenoxy) is 1. The zero-order valence-corrected chi connectivity index (χ0v) is 18.0. The Labute approximate surface area is 185 Å². The number of hydrogen-bond acceptors (Lipinski definition) is 4. The van der Waals surface area contributed by atoms with Crippen LogP contribution in [-0.2, 0) is 4.79 Å². The van der Waals surface area contributed by atoms with Gasteiger partial charge in [-0.05, 0) is 24.3 Å². The number of hydrogen-bond donors (Lipinski definition) is 2. The van der Waals surface area contributed by atoms with Crippen LogP contribution in [-0.4, -0.2) is 28.7 Å². The number of amides is 1. The number of benzene rings is 3. The Bertz CT molecular complexity index is 1070. The lowest BCUT2D eigenvalue weighted by atomic mass is 10.1. The van der Waals surface area contributed by atoms with E-state index in [-0.39, 0.29) is 5.91 Å². The summed E-state index contributed by atoms with van der Waals surface area (Å²) < 4.78 is 5.14. The second-order valence-electron chi connectivity index (χ2n) is 6.87. The first kappa shape index (κ1) is 20.8. The first-order chi connectivity index (χ1) is 15.2. The lowest BCUT2D eigenvalue weighted by Crippen LogP contribution is -2.12. The Hall–Kier alpha value is -3.51. The average Bonchev–Trinajstić information content (AvgIpc) is 3.25. The number of imidazole rings is 1. The molecule has 2 N–H and O–H groups in total. The summed E-state index contributed by atoms with van der Waals surface area (Å²) in [5.74, 6) is 1.35. The van der Waals surface area contributed by atoms with Gasteiger partial charge in [0.2, 0.25) is 5.91 Å². The molecule has 3 aromatic carbocycles. The molecule has 4 aromatic rings. The molecule has 1 amide bonds. The molecule has 0 aliphatic carbocycles. The quantitative estimate of drug-likeness (QED) is 0.344. The maximum Gasteiger partial charge on any atom is 0.225 e. The van der Waals surface area contributed by atoms with Crippen LogP contribution in [0.2, 0.25) is 0 Å². The number of aromatic amines is 1. The number of thioether (sulfide) groups is 1. The van der Waals surface area contributed by atoms with E-state index in [0.29, 0.717) is 12.2 Å². The fourth-order valence-electron chi connectivity index (χ4n) is 3.18. The maximum absolute atomic E-state index is 12.3. The van der Waals surface area contributed by atoms with Gasteiger partial charge in [-0.15, -0.1) is 0 Å². The van der Waals surface area contributed by atoms with Crippen molar-refractivity contribution in [1.82, 2.24) is 9.97 Å². The van der Waals surface area contributed by atoms with Gasteiger partial charge in [0, 0.05) is 29.0 Å². The van der Waals surface area contributed by atoms with E-state index in [0.717, 1.165) is 39.1 Å². The van der Waals surface area contributed by atoms with Gasteiger partial charge in [-0.1, -0.05) is 72.4 Å². The van der Waals surface area contributed by atoms with Crippen LogP contribution in [0.25, 0.3) is 22.5 Å². The van der Waals surface area contributed by atoms with Crippen molar-refractivity contribution in [3.8, 4) is 28.3 Å². The summed E-state index contributed by atoms with van der Waals surface area (Å²) >= 11 is 1.54. The topological polar surface area (TPSA) is 67.0 Å². The highest BCUT2D eigenvalue weighted by Crippen LogP contribution is 2.32. The van der Waals surface area contributed by atoms with E-state index in [1.54, 1.807) is 18.9 Å². The zero-order valence-electron chi connectivity index (χ0n) is 17.2. The summed E-state index contributed by atoms with van der Waals surface area (Å²) in [6.07, 6.45) is 0.388. The summed E-state index contributed by atoms with van der Waals surface area (Å²) in [7, 11) is 1.62. The molecule has 4 rings (SSSR count). The van der Waals surface area contributed by atoms with Crippen LogP contribution in [0.4, 0.5) is 5.69 Å². The third-order valence-corrected chi connectivity index (χ3v) is 5.61. The molecule has 0 fully saturated rings. The number of nitrogens with one attached hydrogen (secondary N) is 2. The Balaban J connectivity index is 1.42. The van der Waals surface area contributed by atoms with Gasteiger partial charge < -0.3 is 15.0 Å². The minimum absolute atomic E-state index is 0.0317. The van der Waals surface area contributed by atoms with Gasteiger partial charge in [0.15, 0.2) is 5.16 Å². The Morgan fingerprint density at radius 3 is 2.23 bits per heavy atom. The molecule has 5 nitrogen and oxygen atoms in total. The highest BCUT2D eigenvalue weighted by molar-refractivity contribution is 7.99. The van der Waals surface area contributed by atoms with E-state index < -0.39 is 0 Å². The van der Waals surface area contributed by atoms with Crippen LogP contribution in [0, 0.1) is 0 Å². The molecule has 0 spiro atoms. The summed E-state index contributed by atoms with van der Waals surface area (Å²) in [6.45, 7) is 0. The first-order valence-corrected chi connectivity index (χ1v) is 11.0. The summed E-state index contributed by atoms with van der Waals surface area (Å²) in [4.78, 5) is 20.5. The van der Waals surface area contributed by atoms with Crippen molar-refractivity contribution >= 4 is 23.4 Å². The molecule has 6 heteroatoms. The van der Waals surface area contributed by atoms with Gasteiger partial charge in [-0.25, -0.2) is 4.98 Å². The Morgan fingerprint density at radius 1 is 0.935 bits per heavy atom. The molecule has 31 heavy (non-hydrogen) atoms. The van der Waals surface area contributed by atoms with E-state index >= 15 is 0 Å². The number of rotatable bonds is 8. The van der Waals surface area contributed by atoms with Crippen molar-refractivity contribution < 1.29 is 9.53 Å². The SMILES string of the molecule is COc1ccc(NC(=O)CCSc2nc(-c3ccccc3)c(-c3ccccc3)[nH]2)cc1. The second-order valence-corrected chi connectivity index (χ2v) is 7.96. The van der Waals surface area contributed by atoms with Gasteiger partial charge in [-0.2, -0.15) is 0 Å². The average molecular weight is 430 g/mol. The third kappa shape index (κ3) is 5.35. The van der Waals surface area contributed by atoms with Crippen molar-refractivity contribution in [2.45, 2.75) is 11.6 Å². The van der Waals surface area contributed by atoms with Crippen molar-refractivity contribution in [1.29, 1.82) is 0 Å². The normalized spacial score (nSPS) is 10.6. The van der Waals surface area contributed by atoms with E-state index in [4.69, 9.17) is 9.72 Å². The van der Waals surface area contributed by atoms with Crippen LogP contribution < -0.4 is 10.1 Å². The largest absolute Gasteiger partial charge is 0.497 e. The minimum Gasteiger partial charge on any atom is -0.497 e. The molecule has 0 bridgehead atoms. The highest BCUT2D eigenvalue weighted by atomic mass is 32.2. The number of nitrogens with zero attached hydrogens (tertiary/aromatic N) is 1. The van der Waals surface area contributed by atoms with Crippen LogP contribution in [0.15, 0.2) is 90.1 Å². The summed E-state index contributed by atoms with van der Waals surface area (Å²) in [5, 5.41) is 3.71. The zero-order chi connectivity index (χ0) is 21.5. The van der Waals surface area contributed by atoms with Crippen LogP contribution >= 0.6 is 11.8 Å². The van der Waals surface area contributed by atoms with Gasteiger partial charge >= 0.3 is 0 Å². The maximum atomic E-state index is 12.3. The molecule has 0 aliphatic heterocycles. The number of aromatic nitrogens is 2. The van der Waals surface area contributed by atoms with Crippen LogP contribution in [0.5, 0.6) is 5.75 Å². The predicted octanol–water partition coefficient (Wildman–Crippen LogP) is 5.87. The standard InChI is InChI=1S/C25H23N3O2S/c1-30-21-14-12-20(13-15-21)26-22(29)16-17-31-25-27-23(18-8-4-2-5-9-18)24(28-25)19-10-6-3-7-11-19/h2-15H,16-17H2,1H3,(H,26,29)(H,27,28).